The van der Waals surface area contributed by atoms with Crippen LogP contribution in [-0.4, -0.2) is 36.8 Å². The molecule has 1 heterocycles. The van der Waals surface area contributed by atoms with Gasteiger partial charge in [-0.2, -0.15) is 0 Å². The van der Waals surface area contributed by atoms with Gasteiger partial charge >= 0.3 is 5.97 Å². The third kappa shape index (κ3) is 4.08. The van der Waals surface area contributed by atoms with Crippen molar-refractivity contribution in [2.24, 2.45) is 0 Å². The van der Waals surface area contributed by atoms with Crippen LogP contribution in [0.2, 0.25) is 0 Å². The number of hydrogen-bond acceptors (Lipinski definition) is 6. The molecule has 0 spiro atoms. The molecule has 1 aliphatic rings. The first-order valence-electron chi connectivity index (χ1n) is 8.85. The lowest BCUT2D eigenvalue weighted by molar-refractivity contribution is -0.139. The van der Waals surface area contributed by atoms with Gasteiger partial charge in [-0.15, -0.1) is 11.3 Å². The van der Waals surface area contributed by atoms with Crippen LogP contribution in [0.3, 0.4) is 0 Å². The number of thiazole rings is 1. The van der Waals surface area contributed by atoms with Crippen LogP contribution in [0.5, 0.6) is 5.75 Å². The highest BCUT2D eigenvalue weighted by atomic mass is 32.2. The number of aromatic nitrogens is 1. The number of ether oxygens (including phenoxy) is 1. The minimum absolute atomic E-state index is 0.0997. The van der Waals surface area contributed by atoms with E-state index in [9.17, 15) is 13.2 Å². The largest absolute Gasteiger partial charge is 0.482 e. The second-order valence-electron chi connectivity index (χ2n) is 6.49. The van der Waals surface area contributed by atoms with Gasteiger partial charge in [-0.3, -0.25) is 0 Å². The van der Waals surface area contributed by atoms with Crippen LogP contribution < -0.4 is 4.74 Å². The standard InChI is InChI=1S/C21H17NO5S2/c23-19(24)13-27-17-10-4-9-15-16(17)12-18-20(15)22-21(28-18)29(25,26)11-5-8-14-6-2-1-3-7-14/h1-10H,11-13H2,(H,23,24)/b8-5+. The number of hydrogen-bond donors (Lipinski definition) is 1. The fourth-order valence-corrected chi connectivity index (χ4v) is 5.70. The summed E-state index contributed by atoms with van der Waals surface area (Å²) in [5, 5.41) is 8.82. The lowest BCUT2D eigenvalue weighted by Gasteiger charge is -2.08. The number of rotatable bonds is 7. The summed E-state index contributed by atoms with van der Waals surface area (Å²) >= 11 is 1.16. The number of sulfone groups is 1. The van der Waals surface area contributed by atoms with Crippen LogP contribution in [0.1, 0.15) is 16.0 Å². The van der Waals surface area contributed by atoms with E-state index >= 15 is 0 Å². The summed E-state index contributed by atoms with van der Waals surface area (Å²) < 4.78 is 30.8. The van der Waals surface area contributed by atoms with Crippen molar-refractivity contribution in [1.82, 2.24) is 4.98 Å². The van der Waals surface area contributed by atoms with E-state index in [4.69, 9.17) is 9.84 Å². The molecule has 1 aliphatic carbocycles. The third-order valence-electron chi connectivity index (χ3n) is 4.45. The summed E-state index contributed by atoms with van der Waals surface area (Å²) in [5.41, 5.74) is 3.21. The van der Waals surface area contributed by atoms with Gasteiger partial charge in [-0.25, -0.2) is 18.2 Å². The molecule has 0 amide bonds. The SMILES string of the molecule is O=C(O)COc1cccc2c1Cc1sc(S(=O)(=O)C/C=C/c3ccccc3)nc1-2. The van der Waals surface area contributed by atoms with E-state index in [0.29, 0.717) is 17.9 Å². The maximum absolute atomic E-state index is 12.7. The Bertz CT molecular complexity index is 1200. The predicted molar refractivity (Wildman–Crippen MR) is 111 cm³/mol. The monoisotopic (exact) mass is 427 g/mol. The second-order valence-corrected chi connectivity index (χ2v) is 9.78. The molecule has 1 N–H and O–H groups in total. The highest BCUT2D eigenvalue weighted by molar-refractivity contribution is 7.93. The Labute approximate surface area is 172 Å². The minimum atomic E-state index is -3.53. The minimum Gasteiger partial charge on any atom is -0.482 e. The summed E-state index contributed by atoms with van der Waals surface area (Å²) in [5.74, 6) is -0.682. The summed E-state index contributed by atoms with van der Waals surface area (Å²) in [4.78, 5) is 16.0. The molecule has 0 bridgehead atoms. The number of nitrogens with zero attached hydrogens (tertiary/aromatic N) is 1. The maximum Gasteiger partial charge on any atom is 0.341 e. The first kappa shape index (κ1) is 19.4. The third-order valence-corrected chi connectivity index (χ3v) is 7.56. The summed E-state index contributed by atoms with van der Waals surface area (Å²) in [6.07, 6.45) is 3.89. The van der Waals surface area contributed by atoms with E-state index in [1.54, 1.807) is 24.3 Å². The number of fused-ring (bicyclic) bond motifs is 3. The molecule has 4 rings (SSSR count). The molecule has 0 unspecified atom stereocenters. The quantitative estimate of drug-likeness (QED) is 0.484. The summed E-state index contributed by atoms with van der Waals surface area (Å²) in [6, 6.07) is 14.8. The van der Waals surface area contributed by atoms with Crippen molar-refractivity contribution >= 4 is 33.2 Å². The molecule has 2 aromatic carbocycles. The van der Waals surface area contributed by atoms with E-state index in [1.807, 2.05) is 36.4 Å². The number of benzene rings is 2. The summed E-state index contributed by atoms with van der Waals surface area (Å²) in [6.45, 7) is -0.426. The van der Waals surface area contributed by atoms with Crippen LogP contribution in [0.25, 0.3) is 17.3 Å². The highest BCUT2D eigenvalue weighted by Crippen LogP contribution is 2.44. The van der Waals surface area contributed by atoms with Gasteiger partial charge in [0.15, 0.2) is 6.61 Å². The predicted octanol–water partition coefficient (Wildman–Crippen LogP) is 3.66. The number of aliphatic carboxylic acids is 1. The van der Waals surface area contributed by atoms with Crippen LogP contribution >= 0.6 is 11.3 Å². The molecule has 3 aromatic rings. The van der Waals surface area contributed by atoms with E-state index in [2.05, 4.69) is 4.98 Å². The Morgan fingerprint density at radius 2 is 1.97 bits per heavy atom. The Morgan fingerprint density at radius 3 is 2.72 bits per heavy atom. The molecule has 0 saturated carbocycles. The molecule has 29 heavy (non-hydrogen) atoms. The zero-order chi connectivity index (χ0) is 20.4. The highest BCUT2D eigenvalue weighted by Gasteiger charge is 2.29. The Hall–Kier alpha value is -2.97. The van der Waals surface area contributed by atoms with Crippen molar-refractivity contribution in [2.75, 3.05) is 12.4 Å². The molecule has 1 aromatic heterocycles. The second kappa shape index (κ2) is 7.81. The first-order chi connectivity index (χ1) is 13.9. The Kier molecular flexibility index (Phi) is 5.21. The normalized spacial score (nSPS) is 12.7. The fraction of sp³-hybridized carbons (Fsp3) is 0.143. The zero-order valence-electron chi connectivity index (χ0n) is 15.2. The molecular formula is C21H17NO5S2. The van der Waals surface area contributed by atoms with Crippen molar-refractivity contribution in [3.05, 3.63) is 70.6 Å². The smallest absolute Gasteiger partial charge is 0.341 e. The van der Waals surface area contributed by atoms with Crippen molar-refractivity contribution in [3.63, 3.8) is 0 Å². The van der Waals surface area contributed by atoms with Gasteiger partial charge in [0, 0.05) is 22.4 Å². The topological polar surface area (TPSA) is 93.6 Å². The molecule has 0 radical (unpaired) electrons. The van der Waals surface area contributed by atoms with Gasteiger partial charge in [0.1, 0.15) is 5.75 Å². The Balaban J connectivity index is 1.55. The van der Waals surface area contributed by atoms with E-state index < -0.39 is 22.4 Å². The van der Waals surface area contributed by atoms with Crippen molar-refractivity contribution in [1.29, 1.82) is 0 Å². The van der Waals surface area contributed by atoms with Crippen LogP contribution in [0.15, 0.2) is 58.9 Å². The van der Waals surface area contributed by atoms with Crippen LogP contribution in [-0.2, 0) is 21.1 Å². The maximum atomic E-state index is 12.7. The molecular weight excluding hydrogens is 410 g/mol. The van der Waals surface area contributed by atoms with Crippen molar-refractivity contribution in [2.45, 2.75) is 10.8 Å². The lowest BCUT2D eigenvalue weighted by atomic mass is 10.1. The number of carboxylic acids is 1. The van der Waals surface area contributed by atoms with Gasteiger partial charge in [0.2, 0.25) is 14.2 Å². The van der Waals surface area contributed by atoms with Gasteiger partial charge in [0.05, 0.1) is 11.4 Å². The zero-order valence-corrected chi connectivity index (χ0v) is 16.9. The molecule has 6 nitrogen and oxygen atoms in total. The first-order valence-corrected chi connectivity index (χ1v) is 11.3. The van der Waals surface area contributed by atoms with Crippen LogP contribution in [0, 0.1) is 0 Å². The van der Waals surface area contributed by atoms with E-state index in [0.717, 1.165) is 32.9 Å². The van der Waals surface area contributed by atoms with Gasteiger partial charge in [0.25, 0.3) is 0 Å². The van der Waals surface area contributed by atoms with E-state index in [1.165, 1.54) is 0 Å². The molecule has 148 valence electrons. The van der Waals surface area contributed by atoms with Gasteiger partial charge in [-0.1, -0.05) is 54.6 Å². The molecule has 0 saturated heterocycles. The van der Waals surface area contributed by atoms with Crippen LogP contribution in [0.4, 0.5) is 0 Å². The lowest BCUT2D eigenvalue weighted by Crippen LogP contribution is -2.10. The van der Waals surface area contributed by atoms with Crippen molar-refractivity contribution in [3.8, 4) is 17.0 Å². The molecule has 0 fully saturated rings. The number of carbonyl (C=O) groups is 1. The Morgan fingerprint density at radius 1 is 1.17 bits per heavy atom. The molecule has 0 aliphatic heterocycles. The average molecular weight is 428 g/mol. The van der Waals surface area contributed by atoms with E-state index in [-0.39, 0.29) is 10.1 Å². The fourth-order valence-electron chi connectivity index (χ4n) is 3.14. The van der Waals surface area contributed by atoms with Gasteiger partial charge < -0.3 is 9.84 Å². The molecule has 0 atom stereocenters. The van der Waals surface area contributed by atoms with Crippen molar-refractivity contribution < 1.29 is 23.1 Å². The average Bonchev–Trinajstić information content (AvgIpc) is 3.26. The van der Waals surface area contributed by atoms with Gasteiger partial charge in [-0.05, 0) is 11.6 Å². The molecule has 8 heteroatoms. The summed E-state index contributed by atoms with van der Waals surface area (Å²) in [7, 11) is -3.53. The number of carboxylic acid groups (broad SMARTS) is 1.